The number of carboxylic acid groups (broad SMARTS) is 1. The number of aliphatic carboxylic acids is 1. The first-order valence-corrected chi connectivity index (χ1v) is 3.44. The minimum absolute atomic E-state index is 0.222. The van der Waals surface area contributed by atoms with Crippen LogP contribution in [0.5, 0.6) is 0 Å². The molecular formula is C3H8O5Si. The molecule has 0 aromatic heterocycles. The molecule has 0 aromatic rings. The van der Waals surface area contributed by atoms with Gasteiger partial charge in [0, 0.05) is 6.42 Å². The fraction of sp³-hybridized carbons (Fsp3) is 0.667. The van der Waals surface area contributed by atoms with Crippen LogP contribution >= 0.6 is 0 Å². The normalized spacial score (nSPS) is 6.78. The average Bonchev–Trinajstić information content (AvgIpc) is 1.65. The highest BCUT2D eigenvalue weighted by Crippen LogP contribution is 1.67. The van der Waals surface area contributed by atoms with Crippen molar-refractivity contribution in [2.75, 3.05) is 0 Å². The molecule has 0 aliphatic carbocycles. The molecule has 0 radical (unpaired) electrons. The monoisotopic (exact) mass is 152 g/mol. The summed E-state index contributed by atoms with van der Waals surface area (Å²) < 4.78 is 8.74. The van der Waals surface area contributed by atoms with Gasteiger partial charge in [0.25, 0.3) is 0 Å². The first kappa shape index (κ1) is 11.0. The zero-order valence-electron chi connectivity index (χ0n) is 4.87. The Morgan fingerprint density at radius 1 is 1.56 bits per heavy atom. The van der Waals surface area contributed by atoms with E-state index in [2.05, 4.69) is 0 Å². The summed E-state index contributed by atoms with van der Waals surface area (Å²) in [6.07, 6.45) is 0.222. The maximum atomic E-state index is 9.37. The third-order valence-corrected chi connectivity index (χ3v) is 0.302. The van der Waals surface area contributed by atoms with Crippen LogP contribution in [0.1, 0.15) is 13.3 Å². The summed E-state index contributed by atoms with van der Waals surface area (Å²) in [6.45, 7) is 1.60. The Labute approximate surface area is 53.5 Å². The van der Waals surface area contributed by atoms with Crippen molar-refractivity contribution in [2.45, 2.75) is 13.3 Å². The first-order valence-electron chi connectivity index (χ1n) is 2.14. The minimum Gasteiger partial charge on any atom is -0.511 e. The molecule has 3 N–H and O–H groups in total. The van der Waals surface area contributed by atoms with Gasteiger partial charge in [0.05, 0.1) is 0 Å². The predicted octanol–water partition coefficient (Wildman–Crippen LogP) is -1.13. The summed E-state index contributed by atoms with van der Waals surface area (Å²) in [7, 11) is -3.13. The lowest BCUT2D eigenvalue weighted by atomic mass is 10.5. The van der Waals surface area contributed by atoms with Gasteiger partial charge in [-0.05, 0) is 0 Å². The summed E-state index contributed by atoms with van der Waals surface area (Å²) >= 11 is 0. The molecule has 9 heavy (non-hydrogen) atoms. The summed E-state index contributed by atoms with van der Waals surface area (Å²) in [4.78, 5) is 23.7. The van der Waals surface area contributed by atoms with Crippen molar-refractivity contribution in [3.63, 3.8) is 0 Å². The third-order valence-electron chi connectivity index (χ3n) is 0.302. The molecule has 0 bridgehead atoms. The Morgan fingerprint density at radius 3 is 1.67 bits per heavy atom. The van der Waals surface area contributed by atoms with Crippen molar-refractivity contribution in [2.24, 2.45) is 0 Å². The van der Waals surface area contributed by atoms with Gasteiger partial charge in [-0.15, -0.1) is 0 Å². The van der Waals surface area contributed by atoms with Gasteiger partial charge in [0.15, 0.2) is 0 Å². The number of carbonyl (C=O) groups is 1. The highest BCUT2D eigenvalue weighted by atomic mass is 28.3. The van der Waals surface area contributed by atoms with Crippen molar-refractivity contribution >= 4 is 15.1 Å². The second kappa shape index (κ2) is 7.09. The van der Waals surface area contributed by atoms with E-state index in [1.165, 1.54) is 0 Å². The lowest BCUT2D eigenvalue weighted by Crippen LogP contribution is -1.90. The molecule has 0 rings (SSSR count). The van der Waals surface area contributed by atoms with Crippen molar-refractivity contribution in [3.05, 3.63) is 0 Å². The van der Waals surface area contributed by atoms with Gasteiger partial charge >= 0.3 is 15.1 Å². The van der Waals surface area contributed by atoms with Crippen LogP contribution in [0.25, 0.3) is 0 Å². The van der Waals surface area contributed by atoms with E-state index in [-0.39, 0.29) is 6.42 Å². The maximum absolute atomic E-state index is 9.37. The third kappa shape index (κ3) is 155. The molecule has 5 nitrogen and oxygen atoms in total. The Hall–Kier alpha value is -0.913. The second-order valence-corrected chi connectivity index (χ2v) is 1.60. The van der Waals surface area contributed by atoms with Crippen molar-refractivity contribution in [1.29, 1.82) is 0 Å². The van der Waals surface area contributed by atoms with Crippen LogP contribution in [-0.2, 0) is 9.26 Å². The largest absolute Gasteiger partial charge is 0.761 e. The minimum atomic E-state index is -3.13. The molecule has 0 saturated heterocycles. The van der Waals surface area contributed by atoms with E-state index >= 15 is 0 Å². The summed E-state index contributed by atoms with van der Waals surface area (Å²) in [6, 6.07) is 0. The number of rotatable bonds is 1. The van der Waals surface area contributed by atoms with Crippen LogP contribution in [0.3, 0.4) is 0 Å². The van der Waals surface area contributed by atoms with Crippen molar-refractivity contribution in [3.8, 4) is 0 Å². The zero-order valence-corrected chi connectivity index (χ0v) is 5.87. The van der Waals surface area contributed by atoms with Crippen LogP contribution in [0.2, 0.25) is 0 Å². The lowest BCUT2D eigenvalue weighted by molar-refractivity contribution is -0.136. The Balaban J connectivity index is 0. The van der Waals surface area contributed by atoms with Crippen LogP contribution in [0.4, 0.5) is 0 Å². The smallest absolute Gasteiger partial charge is 0.511 e. The number of hydrogen-bond donors (Lipinski definition) is 3. The summed E-state index contributed by atoms with van der Waals surface area (Å²) in [5.74, 6) is -0.745. The molecule has 0 aromatic carbocycles. The molecular weight excluding hydrogens is 144 g/mol. The maximum Gasteiger partial charge on any atom is 0.761 e. The van der Waals surface area contributed by atoms with Crippen LogP contribution < -0.4 is 0 Å². The van der Waals surface area contributed by atoms with Crippen molar-refractivity contribution in [1.82, 2.24) is 0 Å². The average molecular weight is 152 g/mol. The van der Waals surface area contributed by atoms with Gasteiger partial charge in [-0.25, -0.2) is 0 Å². The van der Waals surface area contributed by atoms with Gasteiger partial charge in [0.2, 0.25) is 0 Å². The lowest BCUT2D eigenvalue weighted by Gasteiger charge is -1.71. The molecule has 0 aliphatic heterocycles. The quantitative estimate of drug-likeness (QED) is 0.413. The van der Waals surface area contributed by atoms with Gasteiger partial charge in [-0.2, -0.15) is 0 Å². The summed E-state index contributed by atoms with van der Waals surface area (Å²) in [5.41, 5.74) is 0. The second-order valence-electron chi connectivity index (χ2n) is 1.03. The van der Waals surface area contributed by atoms with E-state index in [1.54, 1.807) is 6.92 Å². The Kier molecular flexibility index (Phi) is 8.63. The van der Waals surface area contributed by atoms with Gasteiger partial charge in [-0.3, -0.25) is 9.26 Å². The van der Waals surface area contributed by atoms with Crippen LogP contribution in [-0.4, -0.2) is 29.8 Å². The van der Waals surface area contributed by atoms with Gasteiger partial charge in [0.1, 0.15) is 0 Å². The molecule has 0 spiro atoms. The van der Waals surface area contributed by atoms with Crippen LogP contribution in [0.15, 0.2) is 0 Å². The molecule has 0 aliphatic rings. The molecule has 0 unspecified atom stereocenters. The van der Waals surface area contributed by atoms with E-state index in [9.17, 15) is 4.79 Å². The topological polar surface area (TPSA) is 94.8 Å². The van der Waals surface area contributed by atoms with Crippen LogP contribution in [0, 0.1) is 0 Å². The summed E-state index contributed by atoms with van der Waals surface area (Å²) in [5, 5.41) is 7.72. The molecule has 0 amide bonds. The molecule has 54 valence electrons. The molecule has 6 heteroatoms. The molecule has 0 heterocycles. The Bertz CT molecular complexity index is 96.4. The zero-order chi connectivity index (χ0) is 7.86. The molecule has 0 saturated carbocycles. The fourth-order valence-electron chi connectivity index (χ4n) is 0. The van der Waals surface area contributed by atoms with Crippen molar-refractivity contribution < 1.29 is 24.0 Å². The Morgan fingerprint density at radius 2 is 1.67 bits per heavy atom. The standard InChI is InChI=1S/C3H6O2.H2O3Si/c1-2-3(4)5;1-4(2)3/h2H2,1H3,(H,4,5);1-2H. The van der Waals surface area contributed by atoms with E-state index in [1.807, 2.05) is 0 Å². The molecule has 0 atom stereocenters. The van der Waals surface area contributed by atoms with E-state index < -0.39 is 15.1 Å². The highest BCUT2D eigenvalue weighted by Gasteiger charge is 1.85. The first-order chi connectivity index (χ1) is 4.00. The highest BCUT2D eigenvalue weighted by molar-refractivity contribution is 6.22. The van der Waals surface area contributed by atoms with E-state index in [0.29, 0.717) is 0 Å². The van der Waals surface area contributed by atoms with E-state index in [4.69, 9.17) is 19.2 Å². The fourth-order valence-corrected chi connectivity index (χ4v) is 0. The number of hydrogen-bond acceptors (Lipinski definition) is 2. The number of carboxylic acids is 1. The SMILES string of the molecule is CCC(=O)O.O=[Si](O)O. The molecule has 0 fully saturated rings. The predicted molar refractivity (Wildman–Crippen MR) is 28.8 cm³/mol. The van der Waals surface area contributed by atoms with Gasteiger partial charge < -0.3 is 14.7 Å². The van der Waals surface area contributed by atoms with E-state index in [0.717, 1.165) is 0 Å². The van der Waals surface area contributed by atoms with Gasteiger partial charge in [-0.1, -0.05) is 6.92 Å².